The summed E-state index contributed by atoms with van der Waals surface area (Å²) in [5.74, 6) is 0.735. The normalized spacial score (nSPS) is 15.2. The van der Waals surface area contributed by atoms with E-state index in [9.17, 15) is 0 Å². The van der Waals surface area contributed by atoms with Crippen molar-refractivity contribution in [2.45, 2.75) is 67.3 Å². The Kier molecular flexibility index (Phi) is 6.26. The van der Waals surface area contributed by atoms with Crippen molar-refractivity contribution in [1.82, 2.24) is 5.32 Å². The summed E-state index contributed by atoms with van der Waals surface area (Å²) in [4.78, 5) is 0. The molecule has 20 heavy (non-hydrogen) atoms. The van der Waals surface area contributed by atoms with Crippen LogP contribution in [0.25, 0.3) is 0 Å². The summed E-state index contributed by atoms with van der Waals surface area (Å²) in [6, 6.07) is 7.30. The maximum atomic E-state index is 3.68. The van der Waals surface area contributed by atoms with E-state index >= 15 is 0 Å². The molecular formula is C19H33N. The fourth-order valence-corrected chi connectivity index (χ4v) is 3.23. The van der Waals surface area contributed by atoms with Gasteiger partial charge in [0, 0.05) is 6.04 Å². The van der Waals surface area contributed by atoms with Gasteiger partial charge in [0.15, 0.2) is 0 Å². The predicted molar refractivity (Wildman–Crippen MR) is 90.2 cm³/mol. The molecule has 1 N–H and O–H groups in total. The van der Waals surface area contributed by atoms with E-state index in [1.54, 1.807) is 0 Å². The summed E-state index contributed by atoms with van der Waals surface area (Å²) in [5, 5.41) is 3.68. The Labute approximate surface area is 126 Å². The predicted octanol–water partition coefficient (Wildman–Crippen LogP) is 5.42. The fourth-order valence-electron chi connectivity index (χ4n) is 3.23. The van der Waals surface area contributed by atoms with Crippen molar-refractivity contribution in [3.8, 4) is 0 Å². The molecule has 0 radical (unpaired) electrons. The molecule has 0 heterocycles. The van der Waals surface area contributed by atoms with E-state index in [1.807, 2.05) is 0 Å². The minimum Gasteiger partial charge on any atom is -0.310 e. The fraction of sp³-hybridized carbons (Fsp3) is 0.684. The zero-order valence-electron chi connectivity index (χ0n) is 14.5. The summed E-state index contributed by atoms with van der Waals surface area (Å²) in [6.45, 7) is 17.0. The summed E-state index contributed by atoms with van der Waals surface area (Å²) in [7, 11) is 0. The lowest BCUT2D eigenvalue weighted by atomic mass is 9.81. The lowest BCUT2D eigenvalue weighted by molar-refractivity contribution is 0.276. The van der Waals surface area contributed by atoms with E-state index in [-0.39, 0.29) is 0 Å². The van der Waals surface area contributed by atoms with Crippen LogP contribution in [0.3, 0.4) is 0 Å². The average Bonchev–Trinajstić information content (AvgIpc) is 2.29. The van der Waals surface area contributed by atoms with Crippen LogP contribution in [0.1, 0.15) is 70.2 Å². The van der Waals surface area contributed by atoms with Gasteiger partial charge in [-0.2, -0.15) is 0 Å². The Morgan fingerprint density at radius 1 is 1.15 bits per heavy atom. The average molecular weight is 275 g/mol. The lowest BCUT2D eigenvalue weighted by Gasteiger charge is -2.28. The SMILES string of the molecule is CCNC(CC(C)CC(C)(C)C)c1cc(C)ccc1C. The van der Waals surface area contributed by atoms with Crippen LogP contribution in [-0.2, 0) is 0 Å². The first-order valence-electron chi connectivity index (χ1n) is 8.03. The topological polar surface area (TPSA) is 12.0 Å². The Morgan fingerprint density at radius 2 is 1.80 bits per heavy atom. The Balaban J connectivity index is 2.86. The van der Waals surface area contributed by atoms with Gasteiger partial charge in [-0.15, -0.1) is 0 Å². The highest BCUT2D eigenvalue weighted by Gasteiger charge is 2.20. The minimum atomic E-state index is 0.415. The van der Waals surface area contributed by atoms with Gasteiger partial charge in [-0.1, -0.05) is 58.4 Å². The molecule has 1 nitrogen and oxygen atoms in total. The van der Waals surface area contributed by atoms with Gasteiger partial charge in [-0.3, -0.25) is 0 Å². The highest BCUT2D eigenvalue weighted by atomic mass is 14.9. The zero-order valence-corrected chi connectivity index (χ0v) is 14.5. The van der Waals surface area contributed by atoms with Crippen LogP contribution in [0, 0.1) is 25.2 Å². The molecule has 2 atom stereocenters. The third-order valence-electron chi connectivity index (χ3n) is 3.86. The van der Waals surface area contributed by atoms with Crippen molar-refractivity contribution in [3.63, 3.8) is 0 Å². The molecule has 0 saturated carbocycles. The molecule has 1 aromatic rings. The molecule has 0 aliphatic carbocycles. The maximum absolute atomic E-state index is 3.68. The first-order chi connectivity index (χ1) is 9.23. The monoisotopic (exact) mass is 275 g/mol. The first kappa shape index (κ1) is 17.2. The van der Waals surface area contributed by atoms with Gasteiger partial charge in [0.25, 0.3) is 0 Å². The summed E-state index contributed by atoms with van der Waals surface area (Å²) < 4.78 is 0. The molecule has 114 valence electrons. The molecular weight excluding hydrogens is 242 g/mol. The molecule has 1 aromatic carbocycles. The Hall–Kier alpha value is -0.820. The molecule has 0 aliphatic heterocycles. The second-order valence-corrected chi connectivity index (χ2v) is 7.58. The highest BCUT2D eigenvalue weighted by Crippen LogP contribution is 2.31. The number of rotatable bonds is 6. The van der Waals surface area contributed by atoms with Gasteiger partial charge < -0.3 is 5.32 Å². The van der Waals surface area contributed by atoms with Crippen LogP contribution in [0.15, 0.2) is 18.2 Å². The molecule has 2 unspecified atom stereocenters. The molecule has 0 fully saturated rings. The van der Waals surface area contributed by atoms with Crippen molar-refractivity contribution in [2.75, 3.05) is 6.54 Å². The van der Waals surface area contributed by atoms with Crippen LogP contribution >= 0.6 is 0 Å². The zero-order chi connectivity index (χ0) is 15.3. The second-order valence-electron chi connectivity index (χ2n) is 7.58. The smallest absolute Gasteiger partial charge is 0.0325 e. The molecule has 1 heteroatoms. The van der Waals surface area contributed by atoms with Crippen molar-refractivity contribution < 1.29 is 0 Å². The molecule has 1 rings (SSSR count). The molecule has 0 amide bonds. The first-order valence-corrected chi connectivity index (χ1v) is 8.03. The van der Waals surface area contributed by atoms with Crippen molar-refractivity contribution >= 4 is 0 Å². The van der Waals surface area contributed by atoms with Crippen LogP contribution < -0.4 is 5.32 Å². The van der Waals surface area contributed by atoms with Crippen molar-refractivity contribution in [3.05, 3.63) is 34.9 Å². The third-order valence-corrected chi connectivity index (χ3v) is 3.86. The standard InChI is InChI=1S/C19H33N/c1-8-20-18(12-15(3)13-19(5,6)7)17-11-14(2)9-10-16(17)4/h9-11,15,18,20H,8,12-13H2,1-7H3. The Bertz CT molecular complexity index is 414. The summed E-state index contributed by atoms with van der Waals surface area (Å²) >= 11 is 0. The molecule has 0 saturated heterocycles. The largest absolute Gasteiger partial charge is 0.310 e. The Morgan fingerprint density at radius 3 is 2.35 bits per heavy atom. The van der Waals surface area contributed by atoms with E-state index in [0.717, 1.165) is 12.5 Å². The van der Waals surface area contributed by atoms with E-state index in [4.69, 9.17) is 0 Å². The van der Waals surface area contributed by atoms with Crippen LogP contribution in [-0.4, -0.2) is 6.54 Å². The van der Waals surface area contributed by atoms with Crippen LogP contribution in [0.5, 0.6) is 0 Å². The molecule has 0 aliphatic rings. The lowest BCUT2D eigenvalue weighted by Crippen LogP contribution is -2.25. The van der Waals surface area contributed by atoms with Gasteiger partial charge in [-0.05, 0) is 55.7 Å². The van der Waals surface area contributed by atoms with Gasteiger partial charge >= 0.3 is 0 Å². The number of benzene rings is 1. The number of nitrogens with one attached hydrogen (secondary N) is 1. The van der Waals surface area contributed by atoms with E-state index in [0.29, 0.717) is 11.5 Å². The molecule has 0 aromatic heterocycles. The number of aryl methyl sites for hydroxylation is 2. The quantitative estimate of drug-likeness (QED) is 0.731. The minimum absolute atomic E-state index is 0.415. The van der Waals surface area contributed by atoms with Crippen molar-refractivity contribution in [1.29, 1.82) is 0 Å². The van der Waals surface area contributed by atoms with Gasteiger partial charge in [-0.25, -0.2) is 0 Å². The van der Waals surface area contributed by atoms with E-state index in [1.165, 1.54) is 29.5 Å². The summed E-state index contributed by atoms with van der Waals surface area (Å²) in [6.07, 6.45) is 2.50. The number of hydrogen-bond donors (Lipinski definition) is 1. The van der Waals surface area contributed by atoms with Crippen molar-refractivity contribution in [2.24, 2.45) is 11.3 Å². The van der Waals surface area contributed by atoms with Gasteiger partial charge in [0.2, 0.25) is 0 Å². The highest BCUT2D eigenvalue weighted by molar-refractivity contribution is 5.33. The van der Waals surface area contributed by atoms with E-state index < -0.39 is 0 Å². The summed E-state index contributed by atoms with van der Waals surface area (Å²) in [5.41, 5.74) is 4.66. The van der Waals surface area contributed by atoms with Crippen LogP contribution in [0.2, 0.25) is 0 Å². The van der Waals surface area contributed by atoms with Crippen LogP contribution in [0.4, 0.5) is 0 Å². The third kappa shape index (κ3) is 5.66. The molecule has 0 spiro atoms. The second kappa shape index (κ2) is 7.26. The maximum Gasteiger partial charge on any atom is 0.0325 e. The molecule has 0 bridgehead atoms. The van der Waals surface area contributed by atoms with E-state index in [2.05, 4.69) is 72.0 Å². The van der Waals surface area contributed by atoms with Gasteiger partial charge in [0.1, 0.15) is 0 Å². The number of hydrogen-bond acceptors (Lipinski definition) is 1. The van der Waals surface area contributed by atoms with Gasteiger partial charge in [0.05, 0.1) is 0 Å².